The Hall–Kier alpha value is -1.60. The van der Waals surface area contributed by atoms with E-state index < -0.39 is 0 Å². The van der Waals surface area contributed by atoms with Crippen LogP contribution in [0.1, 0.15) is 0 Å². The third kappa shape index (κ3) is 1.98. The largest absolute Gasteiger partial charge is 0.341 e. The van der Waals surface area contributed by atoms with Gasteiger partial charge in [-0.1, -0.05) is 11.8 Å². The molecule has 3 aromatic rings. The zero-order chi connectivity index (χ0) is 11.8. The van der Waals surface area contributed by atoms with Crippen LogP contribution in [0.5, 0.6) is 0 Å². The summed E-state index contributed by atoms with van der Waals surface area (Å²) in [6.07, 6.45) is 5.24. The first-order valence-corrected chi connectivity index (χ1v) is 5.95. The second-order valence-electron chi connectivity index (χ2n) is 3.35. The maximum absolute atomic E-state index is 5.84. The van der Waals surface area contributed by atoms with Crippen molar-refractivity contribution in [2.75, 3.05) is 0 Å². The standard InChI is InChI=1S/C9H7ClN6S/c1-16-3-5(2-13-16)17-8-6-7(12-4-11-6)14-9(10)15-8/h2-4H,1H3,(H,11,12,14,15). The van der Waals surface area contributed by atoms with Gasteiger partial charge in [0, 0.05) is 13.2 Å². The lowest BCUT2D eigenvalue weighted by molar-refractivity contribution is 0.766. The third-order valence-corrected chi connectivity index (χ3v) is 3.23. The van der Waals surface area contributed by atoms with Crippen LogP contribution in [0, 0.1) is 0 Å². The molecule has 6 nitrogen and oxygen atoms in total. The lowest BCUT2D eigenvalue weighted by Crippen LogP contribution is -1.88. The molecule has 17 heavy (non-hydrogen) atoms. The normalized spacial score (nSPS) is 11.2. The zero-order valence-electron chi connectivity index (χ0n) is 8.75. The third-order valence-electron chi connectivity index (χ3n) is 2.12. The number of hydrogen-bond donors (Lipinski definition) is 1. The number of nitrogens with zero attached hydrogens (tertiary/aromatic N) is 5. The predicted octanol–water partition coefficient (Wildman–Crippen LogP) is 1.89. The van der Waals surface area contributed by atoms with Crippen LogP contribution >= 0.6 is 23.4 Å². The van der Waals surface area contributed by atoms with Crippen LogP contribution in [0.25, 0.3) is 11.2 Å². The number of hydrogen-bond acceptors (Lipinski definition) is 5. The van der Waals surface area contributed by atoms with Gasteiger partial charge in [-0.2, -0.15) is 10.1 Å². The summed E-state index contributed by atoms with van der Waals surface area (Å²) in [5.74, 6) is 0. The average Bonchev–Trinajstić information content (AvgIpc) is 2.87. The Morgan fingerprint density at radius 3 is 3.06 bits per heavy atom. The van der Waals surface area contributed by atoms with Gasteiger partial charge in [0.1, 0.15) is 10.5 Å². The van der Waals surface area contributed by atoms with Crippen molar-refractivity contribution in [2.45, 2.75) is 9.92 Å². The summed E-state index contributed by atoms with van der Waals surface area (Å²) in [4.78, 5) is 16.3. The van der Waals surface area contributed by atoms with Crippen molar-refractivity contribution in [2.24, 2.45) is 7.05 Å². The highest BCUT2D eigenvalue weighted by Gasteiger charge is 2.11. The van der Waals surface area contributed by atoms with Gasteiger partial charge in [0.2, 0.25) is 5.28 Å². The van der Waals surface area contributed by atoms with E-state index in [0.717, 1.165) is 15.4 Å². The topological polar surface area (TPSA) is 72.3 Å². The van der Waals surface area contributed by atoms with Crippen LogP contribution in [0.2, 0.25) is 5.28 Å². The van der Waals surface area contributed by atoms with Gasteiger partial charge in [-0.3, -0.25) is 4.68 Å². The first-order chi connectivity index (χ1) is 8.22. The minimum Gasteiger partial charge on any atom is -0.341 e. The molecule has 0 atom stereocenters. The molecule has 3 heterocycles. The van der Waals surface area contributed by atoms with Gasteiger partial charge < -0.3 is 4.98 Å². The molecule has 0 aliphatic carbocycles. The van der Waals surface area contributed by atoms with Crippen LogP contribution in [-0.2, 0) is 7.05 Å². The summed E-state index contributed by atoms with van der Waals surface area (Å²) in [7, 11) is 1.86. The van der Waals surface area contributed by atoms with E-state index in [1.54, 1.807) is 17.2 Å². The average molecular weight is 267 g/mol. The smallest absolute Gasteiger partial charge is 0.225 e. The summed E-state index contributed by atoms with van der Waals surface area (Å²) in [6, 6.07) is 0. The second kappa shape index (κ2) is 4.01. The Labute approximate surface area is 105 Å². The van der Waals surface area contributed by atoms with Crippen LogP contribution in [-0.4, -0.2) is 29.7 Å². The van der Waals surface area contributed by atoms with Crippen molar-refractivity contribution in [1.82, 2.24) is 29.7 Å². The number of rotatable bonds is 2. The SMILES string of the molecule is Cn1cc(Sc2nc(Cl)nc3nc[nH]c23)cn1. The fourth-order valence-electron chi connectivity index (χ4n) is 1.42. The number of halogens is 1. The fourth-order valence-corrected chi connectivity index (χ4v) is 2.55. The van der Waals surface area contributed by atoms with Gasteiger partial charge in [0.25, 0.3) is 0 Å². The number of aromatic nitrogens is 6. The Balaban J connectivity index is 2.07. The molecule has 0 saturated heterocycles. The van der Waals surface area contributed by atoms with Crippen molar-refractivity contribution < 1.29 is 0 Å². The van der Waals surface area contributed by atoms with Crippen LogP contribution in [0.3, 0.4) is 0 Å². The van der Waals surface area contributed by atoms with Crippen LogP contribution < -0.4 is 0 Å². The monoisotopic (exact) mass is 266 g/mol. The summed E-state index contributed by atoms with van der Waals surface area (Å²) in [6.45, 7) is 0. The summed E-state index contributed by atoms with van der Waals surface area (Å²) in [5, 5.41) is 5.03. The number of aromatic amines is 1. The Bertz CT molecular complexity index is 675. The number of H-pyrrole nitrogens is 1. The van der Waals surface area contributed by atoms with E-state index in [4.69, 9.17) is 11.6 Å². The lowest BCUT2D eigenvalue weighted by atomic mass is 10.6. The number of aryl methyl sites for hydroxylation is 1. The quantitative estimate of drug-likeness (QED) is 0.566. The molecule has 0 spiro atoms. The Morgan fingerprint density at radius 1 is 1.41 bits per heavy atom. The van der Waals surface area contributed by atoms with E-state index in [9.17, 15) is 0 Å². The Kier molecular flexibility index (Phi) is 2.49. The van der Waals surface area contributed by atoms with Gasteiger partial charge in [0.15, 0.2) is 5.65 Å². The predicted molar refractivity (Wildman–Crippen MR) is 64.0 cm³/mol. The molecule has 0 amide bonds. The zero-order valence-corrected chi connectivity index (χ0v) is 10.3. The molecule has 0 bridgehead atoms. The van der Waals surface area contributed by atoms with Crippen molar-refractivity contribution in [3.63, 3.8) is 0 Å². The van der Waals surface area contributed by atoms with Crippen molar-refractivity contribution in [3.8, 4) is 0 Å². The molecule has 0 aliphatic heterocycles. The highest BCUT2D eigenvalue weighted by atomic mass is 35.5. The van der Waals surface area contributed by atoms with Crippen molar-refractivity contribution in [1.29, 1.82) is 0 Å². The lowest BCUT2D eigenvalue weighted by Gasteiger charge is -1.99. The molecule has 0 radical (unpaired) electrons. The molecule has 0 saturated carbocycles. The van der Waals surface area contributed by atoms with E-state index in [1.807, 2.05) is 13.2 Å². The molecule has 3 aromatic heterocycles. The first kappa shape index (κ1) is 10.5. The molecule has 0 unspecified atom stereocenters. The molecule has 86 valence electrons. The number of nitrogens with one attached hydrogen (secondary N) is 1. The van der Waals surface area contributed by atoms with E-state index >= 15 is 0 Å². The minimum atomic E-state index is 0.191. The maximum Gasteiger partial charge on any atom is 0.225 e. The highest BCUT2D eigenvalue weighted by molar-refractivity contribution is 7.99. The maximum atomic E-state index is 5.84. The summed E-state index contributed by atoms with van der Waals surface area (Å²) in [5.41, 5.74) is 1.35. The molecule has 0 aromatic carbocycles. The summed E-state index contributed by atoms with van der Waals surface area (Å²) < 4.78 is 1.73. The van der Waals surface area contributed by atoms with Gasteiger partial charge in [-0.05, 0) is 11.6 Å². The van der Waals surface area contributed by atoms with Crippen LogP contribution in [0.4, 0.5) is 0 Å². The van der Waals surface area contributed by atoms with Gasteiger partial charge in [0.05, 0.1) is 17.4 Å². The molecule has 0 aliphatic rings. The molecule has 8 heteroatoms. The molecule has 1 N–H and O–H groups in total. The van der Waals surface area contributed by atoms with Gasteiger partial charge in [-0.25, -0.2) is 9.97 Å². The van der Waals surface area contributed by atoms with E-state index in [0.29, 0.717) is 5.65 Å². The van der Waals surface area contributed by atoms with Gasteiger partial charge in [-0.15, -0.1) is 0 Å². The highest BCUT2D eigenvalue weighted by Crippen LogP contribution is 2.30. The van der Waals surface area contributed by atoms with E-state index in [1.165, 1.54) is 11.8 Å². The fraction of sp³-hybridized carbons (Fsp3) is 0.111. The van der Waals surface area contributed by atoms with Crippen molar-refractivity contribution in [3.05, 3.63) is 24.0 Å². The van der Waals surface area contributed by atoms with E-state index in [-0.39, 0.29) is 5.28 Å². The Morgan fingerprint density at radius 2 is 2.29 bits per heavy atom. The molecular weight excluding hydrogens is 260 g/mol. The summed E-state index contributed by atoms with van der Waals surface area (Å²) >= 11 is 7.31. The number of imidazole rings is 1. The van der Waals surface area contributed by atoms with Gasteiger partial charge >= 0.3 is 0 Å². The molecule has 0 fully saturated rings. The van der Waals surface area contributed by atoms with Crippen LogP contribution in [0.15, 0.2) is 28.6 Å². The number of fused-ring (bicyclic) bond motifs is 1. The molecular formula is C9H7ClN6S. The first-order valence-electron chi connectivity index (χ1n) is 4.75. The molecule has 3 rings (SSSR count). The second-order valence-corrected chi connectivity index (χ2v) is 4.75. The van der Waals surface area contributed by atoms with E-state index in [2.05, 4.69) is 25.0 Å². The van der Waals surface area contributed by atoms with Crippen molar-refractivity contribution >= 4 is 34.5 Å². The minimum absolute atomic E-state index is 0.191.